The number of nitrogens with one attached hydrogen (secondary N) is 3. The van der Waals surface area contributed by atoms with E-state index in [4.69, 9.17) is 257 Å². The van der Waals surface area contributed by atoms with E-state index in [2.05, 4.69) is 35.3 Å². The molecule has 13 rings (SSSR count). The van der Waals surface area contributed by atoms with Gasteiger partial charge in [0.2, 0.25) is 11.8 Å². The number of ether oxygens (including phenoxy) is 4. The number of nitro groups is 3. The topological polar surface area (TPSA) is 428 Å². The van der Waals surface area contributed by atoms with E-state index in [1.54, 1.807) is 128 Å². The molecule has 10 N–H and O–H groups in total. The van der Waals surface area contributed by atoms with E-state index in [0.717, 1.165) is 39.6 Å². The molecule has 0 saturated carbocycles. The van der Waals surface area contributed by atoms with Crippen molar-refractivity contribution >= 4 is 307 Å². The highest BCUT2D eigenvalue weighted by Gasteiger charge is 2.28. The van der Waals surface area contributed by atoms with Gasteiger partial charge in [-0.3, -0.25) is 64.3 Å². The van der Waals surface area contributed by atoms with E-state index in [1.807, 2.05) is 36.4 Å². The number of aromatic amines is 1. The highest BCUT2D eigenvalue weighted by molar-refractivity contribution is 6.51. The molecule has 0 unspecified atom stereocenters. The van der Waals surface area contributed by atoms with Crippen LogP contribution < -0.4 is 42.0 Å². The van der Waals surface area contributed by atoms with Gasteiger partial charge in [-0.25, -0.2) is 4.98 Å². The first-order valence-electron chi connectivity index (χ1n) is 35.8. The lowest BCUT2D eigenvalue weighted by molar-refractivity contribution is -0.383. The van der Waals surface area contributed by atoms with Crippen LogP contribution >= 0.6 is 220 Å². The third-order valence-electron chi connectivity index (χ3n) is 15.4. The quantitative estimate of drug-likeness (QED) is 0.00846. The van der Waals surface area contributed by atoms with E-state index in [9.17, 15) is 54.3 Å². The Morgan fingerprint density at radius 2 is 0.748 bits per heavy atom. The third-order valence-corrected chi connectivity index (χ3v) is 22.6. The van der Waals surface area contributed by atoms with Crippen LogP contribution in [0.1, 0.15) is 60.3 Å². The van der Waals surface area contributed by atoms with Crippen LogP contribution in [-0.4, -0.2) is 69.9 Å². The maximum absolute atomic E-state index is 10.8. The number of nitro benzene ring substituents is 3. The molecule has 0 aliphatic carbocycles. The number of pyridine rings is 2. The number of amides is 2. The normalized spacial score (nSPS) is 10.1. The molecule has 0 saturated heterocycles. The predicted molar refractivity (Wildman–Crippen MR) is 525 cm³/mol. The van der Waals surface area contributed by atoms with Gasteiger partial charge in [0.15, 0.2) is 0 Å². The summed E-state index contributed by atoms with van der Waals surface area (Å²) in [7, 11) is 0. The number of aldehydes is 1. The number of anilines is 5. The first-order chi connectivity index (χ1) is 61.7. The molecule has 0 aliphatic rings. The van der Waals surface area contributed by atoms with Crippen molar-refractivity contribution in [2.75, 3.05) is 27.8 Å². The summed E-state index contributed by atoms with van der Waals surface area (Å²) in [5.41, 5.74) is 22.5. The first-order valence-corrected chi connectivity index (χ1v) is 43.0. The van der Waals surface area contributed by atoms with E-state index < -0.39 is 49.7 Å². The molecular weight excluding hydrogens is 2110 g/mol. The lowest BCUT2D eigenvalue weighted by atomic mass is 10.2. The van der Waals surface area contributed by atoms with Crippen molar-refractivity contribution in [3.8, 4) is 28.6 Å². The van der Waals surface area contributed by atoms with Crippen LogP contribution in [-0.2, 0) is 50.3 Å². The summed E-state index contributed by atoms with van der Waals surface area (Å²) >= 11 is 111. The van der Waals surface area contributed by atoms with Crippen molar-refractivity contribution in [3.63, 3.8) is 0 Å². The molecule has 0 atom stereocenters. The number of hydrogen-bond acceptors (Lipinski definition) is 22. The molecule has 13 aromatic rings. The molecule has 2 amide bonds. The van der Waals surface area contributed by atoms with E-state index in [-0.39, 0.29) is 94.5 Å². The second kappa shape index (κ2) is 55.6. The van der Waals surface area contributed by atoms with E-state index in [1.165, 1.54) is 58.0 Å². The molecule has 0 fully saturated rings. The number of carbonyl (C=O) groups is 5. The SMILES string of the molecule is CC(=O)Nc1cc(Cl)c(Cl)c(Cl)c1.CC(=O)Nc1cc(Cl)c(Cl)c(Cl)c1[N+](=O)[O-].CC(=O)OC(C)=O.Clc1ccc(COc2cc3[nH]c(-c4ccncc4)nc3c(Cl)c2Cl)cc1.Nc1cc(Cl)c(Cl)c(Cl)c1.Nc1cc(OCc2ccc(Cl)cc2)c(Cl)c(Cl)c1[N+](=O)[O-].Nc1cc(OCc2ccc(Cl)cc2)c(Cl)c(Cl)c1[N+](=O)[O-].O=Cc1ccncc1.OCc1ccc(Cl)cc1. The van der Waals surface area contributed by atoms with Crippen molar-refractivity contribution in [1.29, 1.82) is 0 Å². The summed E-state index contributed by atoms with van der Waals surface area (Å²) in [6.07, 6.45) is 7.38. The number of imidazole rings is 1. The predicted octanol–water partition coefficient (Wildman–Crippen LogP) is 28.8. The summed E-state index contributed by atoms with van der Waals surface area (Å²) in [5.74, 6) is -0.245. The number of hydrogen-bond donors (Lipinski definition) is 7. The van der Waals surface area contributed by atoms with Crippen LogP contribution in [0.2, 0.25) is 95.4 Å². The Morgan fingerprint density at radius 1 is 0.412 bits per heavy atom. The maximum Gasteiger partial charge on any atom is 0.312 e. The Balaban J connectivity index is 0.000000269. The van der Waals surface area contributed by atoms with Gasteiger partial charge in [-0.2, -0.15) is 0 Å². The Hall–Kier alpha value is -9.81. The number of nitrogen functional groups attached to an aromatic ring is 3. The number of aliphatic hydroxyl groups is 1. The minimum absolute atomic E-state index is 0.0287. The van der Waals surface area contributed by atoms with Gasteiger partial charge in [0, 0.05) is 113 Å². The van der Waals surface area contributed by atoms with Crippen LogP contribution in [0.25, 0.3) is 22.4 Å². The molecule has 3 aromatic heterocycles. The molecule has 0 spiro atoms. The van der Waals surface area contributed by atoms with Gasteiger partial charge in [0.1, 0.15) is 102 Å². The zero-order valence-corrected chi connectivity index (χ0v) is 81.4. The van der Waals surface area contributed by atoms with Crippen molar-refractivity contribution < 1.29 is 62.8 Å². The van der Waals surface area contributed by atoms with Crippen LogP contribution in [0.5, 0.6) is 17.2 Å². The molecule has 28 nitrogen and oxygen atoms in total. The number of benzene rings is 10. The van der Waals surface area contributed by atoms with Crippen LogP contribution in [0.3, 0.4) is 0 Å². The largest absolute Gasteiger partial charge is 0.487 e. The van der Waals surface area contributed by atoms with Crippen molar-refractivity contribution in [3.05, 3.63) is 348 Å². The number of H-pyrrole nitrogens is 1. The fourth-order valence-corrected chi connectivity index (χ4v) is 13.3. The maximum atomic E-state index is 10.8. The molecule has 0 aliphatic heterocycles. The Labute approximate surface area is 840 Å². The summed E-state index contributed by atoms with van der Waals surface area (Å²) in [4.78, 5) is 97.0. The minimum Gasteiger partial charge on any atom is -0.487 e. The Morgan fingerprint density at radius 3 is 1.08 bits per heavy atom. The van der Waals surface area contributed by atoms with Gasteiger partial charge >= 0.3 is 29.0 Å². The fourth-order valence-electron chi connectivity index (χ4n) is 9.54. The summed E-state index contributed by atoms with van der Waals surface area (Å²) in [6.45, 7) is 5.80. The van der Waals surface area contributed by atoms with E-state index in [0.29, 0.717) is 95.9 Å². The van der Waals surface area contributed by atoms with Gasteiger partial charge in [-0.15, -0.1) is 0 Å². The molecule has 47 heteroatoms. The Bertz CT molecular complexity index is 6020. The van der Waals surface area contributed by atoms with Gasteiger partial charge in [0.25, 0.3) is 0 Å². The molecule has 131 heavy (non-hydrogen) atoms. The summed E-state index contributed by atoms with van der Waals surface area (Å²) in [5, 5.41) is 50.2. The number of aliphatic hydroxyl groups excluding tert-OH is 1. The third kappa shape index (κ3) is 36.9. The first kappa shape index (κ1) is 112. The number of aromatic nitrogens is 4. The van der Waals surface area contributed by atoms with E-state index >= 15 is 0 Å². The lowest BCUT2D eigenvalue weighted by Crippen LogP contribution is -2.08. The number of nitrogens with two attached hydrogens (primary N) is 3. The standard InChI is InChI=1S/C19H12Cl3N3O.2C13H9Cl3N2O3.C8H5Cl3N2O3.C8H6Cl3NO.C7H7ClO.C6H4Cl3N.C6H5NO.C4H6O3/c20-13-3-1-11(2-4-13)10-26-15-9-14-18(17(22)16(15)21)25-19(24-14)12-5-7-23-8-6-12;2*14-8-3-1-7(2-4-8)6-21-10-5-9(17)13(18(19)20)12(16)11(10)15;1-3(14)12-5-2-4(9)6(10)7(11)8(5)13(15)16;1-4(13)12-5-2-6(9)8(11)7(10)3-5;8-7-3-1-6(5-9)2-4-7;7-4-1-3(10)2-5(8)6(4)9;8-5-6-1-3-7-4-2-6;1-3(5)7-4(2)6/h1-9H,10H2,(H,24,25);2*1-5H,6,17H2;2H,1H3,(H,12,14);2-3H,1H3,(H,12,13);1-4,9H,5H2;1-2H,10H2;1-5H;1-2H3. The van der Waals surface area contributed by atoms with Crippen molar-refractivity contribution in [1.82, 2.24) is 19.9 Å². The van der Waals surface area contributed by atoms with Gasteiger partial charge in [-0.05, 0) is 125 Å². The average Bonchev–Trinajstić information content (AvgIpc) is 1.64. The van der Waals surface area contributed by atoms with Gasteiger partial charge < -0.3 is 56.9 Å². The molecule has 10 aromatic carbocycles. The monoisotopic (exact) mass is 2160 g/mol. The average molecular weight is 2170 g/mol. The number of halogens is 19. The second-order valence-electron chi connectivity index (χ2n) is 25.2. The highest BCUT2D eigenvalue weighted by Crippen LogP contribution is 2.47. The molecule has 0 radical (unpaired) electrons. The van der Waals surface area contributed by atoms with Crippen molar-refractivity contribution in [2.24, 2.45) is 0 Å². The second-order valence-corrected chi connectivity index (χ2v) is 32.7. The zero-order chi connectivity index (χ0) is 97.8. The zero-order valence-electron chi connectivity index (χ0n) is 67.0. The van der Waals surface area contributed by atoms with Crippen LogP contribution in [0.4, 0.5) is 45.5 Å². The fraction of sp³-hybridized carbons (Fsp3) is 0.0952. The number of esters is 2. The highest BCUT2D eigenvalue weighted by atomic mass is 35.5. The number of nitrogens with zero attached hydrogens (tertiary/aromatic N) is 6. The van der Waals surface area contributed by atoms with Gasteiger partial charge in [0.05, 0.1) is 72.1 Å². The number of carbonyl (C=O) groups excluding carboxylic acids is 5. The van der Waals surface area contributed by atoms with Crippen LogP contribution in [0, 0.1) is 30.3 Å². The molecule has 3 heterocycles. The minimum atomic E-state index is -0.740. The summed E-state index contributed by atoms with van der Waals surface area (Å²) in [6, 6.07) is 47.3. The van der Waals surface area contributed by atoms with Gasteiger partial charge in [-0.1, -0.05) is 269 Å². The molecule has 0 bridgehead atoms. The molecule has 688 valence electrons. The van der Waals surface area contributed by atoms with Crippen molar-refractivity contribution in [2.45, 2.75) is 54.1 Å². The number of rotatable bonds is 17. The molecular formula is C84H63Cl19N12O16. The summed E-state index contributed by atoms with van der Waals surface area (Å²) < 4.78 is 20.8. The smallest absolute Gasteiger partial charge is 0.312 e. The Kier molecular flexibility index (Phi) is 47.4. The lowest BCUT2D eigenvalue weighted by Gasteiger charge is -2.11. The number of fused-ring (bicyclic) bond motifs is 1. The van der Waals surface area contributed by atoms with Crippen LogP contribution in [0.15, 0.2) is 195 Å².